The van der Waals surface area contributed by atoms with Crippen LogP contribution in [0.3, 0.4) is 0 Å². The van der Waals surface area contributed by atoms with Gasteiger partial charge in [-0.05, 0) is 42.7 Å². The first-order valence-electron chi connectivity index (χ1n) is 8.54. The molecule has 1 saturated heterocycles. The summed E-state index contributed by atoms with van der Waals surface area (Å²) in [6.45, 7) is 10.1. The number of ether oxygens (including phenoxy) is 1. The summed E-state index contributed by atoms with van der Waals surface area (Å²) in [5.74, 6) is 1.25. The van der Waals surface area contributed by atoms with Gasteiger partial charge in [-0.15, -0.1) is 0 Å². The minimum absolute atomic E-state index is 0.00909. The van der Waals surface area contributed by atoms with Crippen molar-refractivity contribution in [2.24, 2.45) is 11.7 Å². The summed E-state index contributed by atoms with van der Waals surface area (Å²) in [4.78, 5) is 14.4. The Morgan fingerprint density at radius 2 is 2.09 bits per heavy atom. The van der Waals surface area contributed by atoms with E-state index in [1.807, 2.05) is 30.0 Å². The maximum Gasteiger partial charge on any atom is 0.260 e. The molecule has 23 heavy (non-hydrogen) atoms. The van der Waals surface area contributed by atoms with Crippen LogP contribution < -0.4 is 10.5 Å². The van der Waals surface area contributed by atoms with Gasteiger partial charge in [-0.3, -0.25) is 4.79 Å². The lowest BCUT2D eigenvalue weighted by atomic mass is 9.86. The molecule has 1 amide bonds. The highest BCUT2D eigenvalue weighted by molar-refractivity contribution is 5.78. The van der Waals surface area contributed by atoms with Gasteiger partial charge in [0, 0.05) is 19.1 Å². The number of hydrogen-bond donors (Lipinski definition) is 1. The topological polar surface area (TPSA) is 55.6 Å². The zero-order chi connectivity index (χ0) is 17.0. The molecule has 4 nitrogen and oxygen atoms in total. The number of carbonyl (C=O) groups excluding carboxylic acids is 1. The minimum Gasteiger partial charge on any atom is -0.483 e. The van der Waals surface area contributed by atoms with Crippen LogP contribution in [-0.2, 0) is 10.2 Å². The fourth-order valence-corrected chi connectivity index (χ4v) is 3.11. The lowest BCUT2D eigenvalue weighted by molar-refractivity contribution is -0.135. The number of piperidine rings is 1. The smallest absolute Gasteiger partial charge is 0.260 e. The van der Waals surface area contributed by atoms with Crippen molar-refractivity contribution in [3.8, 4) is 5.75 Å². The summed E-state index contributed by atoms with van der Waals surface area (Å²) >= 11 is 0. The summed E-state index contributed by atoms with van der Waals surface area (Å²) in [5.41, 5.74) is 7.11. The molecule has 128 valence electrons. The van der Waals surface area contributed by atoms with Gasteiger partial charge in [-0.1, -0.05) is 39.0 Å². The second-order valence-corrected chi connectivity index (χ2v) is 7.64. The molecular formula is C19H30N2O2. The van der Waals surface area contributed by atoms with Crippen LogP contribution in [0.25, 0.3) is 0 Å². The van der Waals surface area contributed by atoms with Gasteiger partial charge in [0.1, 0.15) is 5.75 Å². The van der Waals surface area contributed by atoms with Gasteiger partial charge in [-0.25, -0.2) is 0 Å². The van der Waals surface area contributed by atoms with E-state index in [2.05, 4.69) is 26.8 Å². The highest BCUT2D eigenvalue weighted by Gasteiger charge is 2.26. The van der Waals surface area contributed by atoms with Gasteiger partial charge >= 0.3 is 0 Å². The molecule has 0 saturated carbocycles. The molecule has 1 heterocycles. The van der Waals surface area contributed by atoms with Crippen LogP contribution in [0.15, 0.2) is 24.3 Å². The van der Waals surface area contributed by atoms with Gasteiger partial charge in [0.25, 0.3) is 5.91 Å². The molecule has 0 aromatic heterocycles. The Morgan fingerprint density at radius 1 is 1.39 bits per heavy atom. The first-order valence-corrected chi connectivity index (χ1v) is 8.54. The third-order valence-electron chi connectivity index (χ3n) is 4.60. The molecule has 1 fully saturated rings. The summed E-state index contributed by atoms with van der Waals surface area (Å²) in [6, 6.07) is 8.09. The largest absolute Gasteiger partial charge is 0.483 e. The molecule has 1 aromatic carbocycles. The van der Waals surface area contributed by atoms with Gasteiger partial charge in [-0.2, -0.15) is 0 Å². The molecular weight excluding hydrogens is 288 g/mol. The Kier molecular flexibility index (Phi) is 5.69. The van der Waals surface area contributed by atoms with Gasteiger partial charge < -0.3 is 15.4 Å². The molecule has 2 rings (SSSR count). The van der Waals surface area contributed by atoms with E-state index in [0.29, 0.717) is 5.92 Å². The minimum atomic E-state index is -0.00909. The number of rotatable bonds is 4. The number of para-hydroxylation sites is 1. The van der Waals surface area contributed by atoms with Crippen LogP contribution in [0.2, 0.25) is 0 Å². The van der Waals surface area contributed by atoms with Crippen molar-refractivity contribution in [3.05, 3.63) is 29.8 Å². The molecule has 0 bridgehead atoms. The predicted molar refractivity (Wildman–Crippen MR) is 93.6 cm³/mol. The molecule has 0 unspecified atom stereocenters. The number of hydrogen-bond acceptors (Lipinski definition) is 3. The van der Waals surface area contributed by atoms with E-state index >= 15 is 0 Å². The van der Waals surface area contributed by atoms with E-state index in [0.717, 1.165) is 37.2 Å². The zero-order valence-corrected chi connectivity index (χ0v) is 14.8. The number of benzene rings is 1. The molecule has 4 heteroatoms. The quantitative estimate of drug-likeness (QED) is 0.928. The van der Waals surface area contributed by atoms with Crippen molar-refractivity contribution >= 4 is 5.91 Å². The summed E-state index contributed by atoms with van der Waals surface area (Å²) in [6.07, 6.45) is 2.13. The SMILES string of the molecule is C[C@H](N)[C@@H]1CCCN(C(=O)COc2ccccc2C(C)(C)C)C1. The van der Waals surface area contributed by atoms with Crippen LogP contribution in [0.5, 0.6) is 5.75 Å². The van der Waals surface area contributed by atoms with Crippen LogP contribution >= 0.6 is 0 Å². The third-order valence-corrected chi connectivity index (χ3v) is 4.60. The van der Waals surface area contributed by atoms with Crippen LogP contribution in [0, 0.1) is 5.92 Å². The second kappa shape index (κ2) is 7.35. The molecule has 1 aliphatic heterocycles. The normalized spacial score (nSPS) is 20.2. The Bertz CT molecular complexity index is 534. The average molecular weight is 318 g/mol. The standard InChI is InChI=1S/C19H30N2O2/c1-14(20)15-8-7-11-21(12-15)18(22)13-23-17-10-6-5-9-16(17)19(2,3)4/h5-6,9-10,14-15H,7-8,11-13,20H2,1-4H3/t14-,15+/m0/s1. The number of amides is 1. The Balaban J connectivity index is 1.97. The van der Waals surface area contributed by atoms with E-state index in [-0.39, 0.29) is 24.0 Å². The Morgan fingerprint density at radius 3 is 2.74 bits per heavy atom. The van der Waals surface area contributed by atoms with Gasteiger partial charge in [0.05, 0.1) is 0 Å². The number of nitrogens with two attached hydrogens (primary N) is 1. The third kappa shape index (κ3) is 4.71. The van der Waals surface area contributed by atoms with Crippen LogP contribution in [0.1, 0.15) is 46.1 Å². The van der Waals surface area contributed by atoms with Gasteiger partial charge in [0.2, 0.25) is 0 Å². The van der Waals surface area contributed by atoms with Crippen molar-refractivity contribution < 1.29 is 9.53 Å². The van der Waals surface area contributed by atoms with Crippen molar-refractivity contribution in [1.29, 1.82) is 0 Å². The first-order chi connectivity index (χ1) is 10.8. The Labute approximate surface area is 140 Å². The molecule has 2 N–H and O–H groups in total. The molecule has 0 radical (unpaired) electrons. The molecule has 0 aliphatic carbocycles. The molecule has 1 aliphatic rings. The summed E-state index contributed by atoms with van der Waals surface area (Å²) in [5, 5.41) is 0. The zero-order valence-electron chi connectivity index (χ0n) is 14.8. The van der Waals surface area contributed by atoms with Crippen molar-refractivity contribution in [2.75, 3.05) is 19.7 Å². The second-order valence-electron chi connectivity index (χ2n) is 7.64. The van der Waals surface area contributed by atoms with E-state index < -0.39 is 0 Å². The average Bonchev–Trinajstić information content (AvgIpc) is 2.52. The lowest BCUT2D eigenvalue weighted by Gasteiger charge is -2.34. The monoisotopic (exact) mass is 318 g/mol. The number of nitrogens with zero attached hydrogens (tertiary/aromatic N) is 1. The van der Waals surface area contributed by atoms with E-state index in [1.54, 1.807) is 0 Å². The number of likely N-dealkylation sites (tertiary alicyclic amines) is 1. The molecule has 1 aromatic rings. The van der Waals surface area contributed by atoms with Crippen molar-refractivity contribution in [2.45, 2.75) is 52.0 Å². The summed E-state index contributed by atoms with van der Waals surface area (Å²) in [7, 11) is 0. The fourth-order valence-electron chi connectivity index (χ4n) is 3.11. The van der Waals surface area contributed by atoms with Crippen molar-refractivity contribution in [3.63, 3.8) is 0 Å². The van der Waals surface area contributed by atoms with Crippen molar-refractivity contribution in [1.82, 2.24) is 4.90 Å². The Hall–Kier alpha value is -1.55. The highest BCUT2D eigenvalue weighted by atomic mass is 16.5. The van der Waals surface area contributed by atoms with E-state index in [9.17, 15) is 4.79 Å². The lowest BCUT2D eigenvalue weighted by Crippen LogP contribution is -2.46. The highest BCUT2D eigenvalue weighted by Crippen LogP contribution is 2.31. The van der Waals surface area contributed by atoms with E-state index in [4.69, 9.17) is 10.5 Å². The van der Waals surface area contributed by atoms with Crippen LogP contribution in [0.4, 0.5) is 0 Å². The van der Waals surface area contributed by atoms with E-state index in [1.165, 1.54) is 0 Å². The fraction of sp³-hybridized carbons (Fsp3) is 0.632. The molecule has 0 spiro atoms. The summed E-state index contributed by atoms with van der Waals surface area (Å²) < 4.78 is 5.85. The first kappa shape index (κ1) is 17.8. The van der Waals surface area contributed by atoms with Crippen LogP contribution in [-0.4, -0.2) is 36.5 Å². The predicted octanol–water partition coefficient (Wildman–Crippen LogP) is 2.95. The van der Waals surface area contributed by atoms with Gasteiger partial charge in [0.15, 0.2) is 6.61 Å². The number of carbonyl (C=O) groups is 1. The molecule has 2 atom stereocenters. The maximum atomic E-state index is 12.5. The maximum absolute atomic E-state index is 12.5.